The summed E-state index contributed by atoms with van der Waals surface area (Å²) in [7, 11) is 0. The van der Waals surface area contributed by atoms with Crippen LogP contribution in [-0.2, 0) is 33.4 Å². The summed E-state index contributed by atoms with van der Waals surface area (Å²) >= 11 is 0. The van der Waals surface area contributed by atoms with Crippen molar-refractivity contribution in [3.05, 3.63) is 48.1 Å². The molecule has 3 saturated heterocycles. The SMILES string of the molecule is C=C1C(=O)O[C@@H]2C[C@@]1(C)[C@@H]1[C@]3(O)C(=O)O[C@]14[C@@]2(C)OC(=O)[C@@]4(O)CC[C@H]1[C@H]3C=CC2=CC=CC(=O)[C@@]21C. The van der Waals surface area contributed by atoms with Crippen LogP contribution >= 0.6 is 0 Å². The lowest BCUT2D eigenvalue weighted by Crippen LogP contribution is -2.79. The van der Waals surface area contributed by atoms with Gasteiger partial charge in [-0.25, -0.2) is 14.4 Å². The van der Waals surface area contributed by atoms with Gasteiger partial charge in [0, 0.05) is 16.9 Å². The zero-order valence-corrected chi connectivity index (χ0v) is 20.8. The van der Waals surface area contributed by atoms with Crippen LogP contribution in [0, 0.1) is 28.6 Å². The summed E-state index contributed by atoms with van der Waals surface area (Å²) in [6.07, 6.45) is 7.42. The molecule has 7 aliphatic rings. The summed E-state index contributed by atoms with van der Waals surface area (Å²) in [6.45, 7) is 8.91. The summed E-state index contributed by atoms with van der Waals surface area (Å²) in [4.78, 5) is 54.0. The van der Waals surface area contributed by atoms with Gasteiger partial charge in [-0.15, -0.1) is 0 Å². The zero-order chi connectivity index (χ0) is 26.6. The minimum absolute atomic E-state index is 0.0222. The quantitative estimate of drug-likeness (QED) is 0.281. The van der Waals surface area contributed by atoms with E-state index in [0.717, 1.165) is 5.57 Å². The van der Waals surface area contributed by atoms with Crippen LogP contribution in [-0.4, -0.2) is 62.4 Å². The second-order valence-electron chi connectivity index (χ2n) is 12.3. The van der Waals surface area contributed by atoms with Gasteiger partial charge in [0.25, 0.3) is 0 Å². The standard InChI is InChI=1S/C28H28O9/c1-13-19(30)35-18-12-23(13,2)20-27(34)16-9-8-14-6-5-7-17(29)24(14,3)15(16)10-11-26(33)21(31)36-25(18,4)28(20,26)37-22(27)32/h5-9,15-16,18,20,33-34H,1,10-12H2,2-4H3/t15-,16+,18+,20+,23+,24-,25-,26-,27-,28-/m0/s1. The van der Waals surface area contributed by atoms with Gasteiger partial charge in [-0.3, -0.25) is 4.79 Å². The number of rotatable bonds is 0. The first-order valence-electron chi connectivity index (χ1n) is 12.7. The molecule has 0 aromatic carbocycles. The maximum Gasteiger partial charge on any atom is 0.343 e. The maximum atomic E-state index is 14.0. The Hall–Kier alpha value is -3.04. The van der Waals surface area contributed by atoms with Gasteiger partial charge in [0.15, 0.2) is 17.0 Å². The highest BCUT2D eigenvalue weighted by molar-refractivity contribution is 6.00. The van der Waals surface area contributed by atoms with Gasteiger partial charge in [0.1, 0.15) is 6.10 Å². The first-order valence-corrected chi connectivity index (χ1v) is 12.7. The predicted octanol–water partition coefficient (Wildman–Crippen LogP) is 1.24. The van der Waals surface area contributed by atoms with Gasteiger partial charge in [-0.05, 0) is 50.7 Å². The van der Waals surface area contributed by atoms with Gasteiger partial charge in [0.2, 0.25) is 11.2 Å². The van der Waals surface area contributed by atoms with Gasteiger partial charge < -0.3 is 24.4 Å². The molecule has 0 amide bonds. The van der Waals surface area contributed by atoms with E-state index in [1.165, 1.54) is 13.0 Å². The number of esters is 3. The second-order valence-corrected chi connectivity index (χ2v) is 12.3. The average molecular weight is 509 g/mol. The van der Waals surface area contributed by atoms with Crippen molar-refractivity contribution < 1.29 is 43.6 Å². The Morgan fingerprint density at radius 1 is 1.03 bits per heavy atom. The molecule has 194 valence electrons. The third-order valence-electron chi connectivity index (χ3n) is 11.1. The minimum atomic E-state index is -2.35. The maximum absolute atomic E-state index is 14.0. The van der Waals surface area contributed by atoms with Crippen LogP contribution in [0.4, 0.5) is 0 Å². The lowest BCUT2D eigenvalue weighted by molar-refractivity contribution is -0.284. The fourth-order valence-corrected chi connectivity index (χ4v) is 9.12. The molecule has 9 heteroatoms. The number of allylic oxidation sites excluding steroid dienone is 5. The van der Waals surface area contributed by atoms with Crippen molar-refractivity contribution >= 4 is 23.7 Å². The Balaban J connectivity index is 1.56. The average Bonchev–Trinajstić information content (AvgIpc) is 3.19. The first-order chi connectivity index (χ1) is 17.2. The molecule has 4 bridgehead atoms. The Labute approximate surface area is 212 Å². The number of hydrogen-bond donors (Lipinski definition) is 2. The molecular formula is C28H28O9. The summed E-state index contributed by atoms with van der Waals surface area (Å²) in [5.41, 5.74) is -10.1. The van der Waals surface area contributed by atoms with Crippen LogP contribution in [0.15, 0.2) is 48.1 Å². The summed E-state index contributed by atoms with van der Waals surface area (Å²) < 4.78 is 17.5. The molecule has 2 N–H and O–H groups in total. The Morgan fingerprint density at radius 2 is 1.76 bits per heavy atom. The monoisotopic (exact) mass is 508 g/mol. The molecule has 9 nitrogen and oxygen atoms in total. The molecule has 1 spiro atoms. The highest BCUT2D eigenvalue weighted by Gasteiger charge is 2.93. The molecule has 0 aromatic heterocycles. The fraction of sp³-hybridized carbons (Fsp3) is 0.571. The van der Waals surface area contributed by atoms with Gasteiger partial charge in [-0.2, -0.15) is 0 Å². The molecular weight excluding hydrogens is 480 g/mol. The van der Waals surface area contributed by atoms with E-state index in [4.69, 9.17) is 14.2 Å². The zero-order valence-electron chi connectivity index (χ0n) is 20.8. The Kier molecular flexibility index (Phi) is 3.84. The largest absolute Gasteiger partial charge is 0.455 e. The predicted molar refractivity (Wildman–Crippen MR) is 124 cm³/mol. The van der Waals surface area contributed by atoms with E-state index in [9.17, 15) is 29.4 Å². The smallest absolute Gasteiger partial charge is 0.343 e. The molecule has 3 aliphatic heterocycles. The van der Waals surface area contributed by atoms with Crippen molar-refractivity contribution in [2.45, 2.75) is 68.5 Å². The van der Waals surface area contributed by atoms with Crippen molar-refractivity contribution in [3.63, 3.8) is 0 Å². The Bertz CT molecular complexity index is 1360. The molecule has 2 saturated carbocycles. The van der Waals surface area contributed by atoms with Crippen molar-refractivity contribution in [2.75, 3.05) is 0 Å². The molecule has 4 aliphatic carbocycles. The number of fused-ring (bicyclic) bond motifs is 7. The van der Waals surface area contributed by atoms with E-state index < -0.39 is 75.0 Å². The normalized spacial score (nSPS) is 54.7. The summed E-state index contributed by atoms with van der Waals surface area (Å²) in [6, 6.07) is 0. The number of carbonyl (C=O) groups excluding carboxylic acids is 4. The topological polar surface area (TPSA) is 136 Å². The Morgan fingerprint density at radius 3 is 2.49 bits per heavy atom. The number of aliphatic hydroxyl groups is 2. The van der Waals surface area contributed by atoms with Crippen LogP contribution in [0.25, 0.3) is 0 Å². The van der Waals surface area contributed by atoms with Crippen molar-refractivity contribution in [2.24, 2.45) is 28.6 Å². The molecule has 10 atom stereocenters. The van der Waals surface area contributed by atoms with Crippen LogP contribution < -0.4 is 0 Å². The van der Waals surface area contributed by atoms with Crippen LogP contribution in [0.5, 0.6) is 0 Å². The number of ketones is 1. The van der Waals surface area contributed by atoms with Crippen LogP contribution in [0.2, 0.25) is 0 Å². The highest BCUT2D eigenvalue weighted by atomic mass is 16.7. The van der Waals surface area contributed by atoms with E-state index >= 15 is 0 Å². The highest BCUT2D eigenvalue weighted by Crippen LogP contribution is 2.74. The van der Waals surface area contributed by atoms with Crippen LogP contribution in [0.1, 0.15) is 40.0 Å². The van der Waals surface area contributed by atoms with E-state index in [1.54, 1.807) is 32.1 Å². The summed E-state index contributed by atoms with van der Waals surface area (Å²) in [5, 5.41) is 24.9. The van der Waals surface area contributed by atoms with E-state index in [2.05, 4.69) is 6.58 Å². The second kappa shape index (κ2) is 6.15. The first kappa shape index (κ1) is 23.1. The van der Waals surface area contributed by atoms with Crippen molar-refractivity contribution in [3.8, 4) is 0 Å². The van der Waals surface area contributed by atoms with E-state index in [0.29, 0.717) is 0 Å². The summed E-state index contributed by atoms with van der Waals surface area (Å²) in [5.74, 6) is -5.81. The molecule has 0 unspecified atom stereocenters. The molecule has 7 rings (SSSR count). The fourth-order valence-electron chi connectivity index (χ4n) is 9.12. The molecule has 0 aromatic rings. The lowest BCUT2D eigenvalue weighted by atomic mass is 9.41. The molecule has 0 radical (unpaired) electrons. The number of ether oxygens (including phenoxy) is 3. The third kappa shape index (κ3) is 2.02. The van der Waals surface area contributed by atoms with Crippen molar-refractivity contribution in [1.82, 2.24) is 0 Å². The van der Waals surface area contributed by atoms with E-state index in [-0.39, 0.29) is 30.6 Å². The lowest BCUT2D eigenvalue weighted by Gasteiger charge is -2.63. The molecule has 37 heavy (non-hydrogen) atoms. The number of carbonyl (C=O) groups is 4. The van der Waals surface area contributed by atoms with Crippen LogP contribution in [0.3, 0.4) is 0 Å². The minimum Gasteiger partial charge on any atom is -0.455 e. The third-order valence-corrected chi connectivity index (χ3v) is 11.1. The van der Waals surface area contributed by atoms with Gasteiger partial charge in [-0.1, -0.05) is 37.8 Å². The van der Waals surface area contributed by atoms with Gasteiger partial charge in [0.05, 0.1) is 11.3 Å². The number of hydrogen-bond acceptors (Lipinski definition) is 9. The molecule has 3 heterocycles. The van der Waals surface area contributed by atoms with Gasteiger partial charge >= 0.3 is 17.9 Å². The molecule has 5 fully saturated rings. The van der Waals surface area contributed by atoms with Crippen molar-refractivity contribution in [1.29, 1.82) is 0 Å². The van der Waals surface area contributed by atoms with E-state index in [1.807, 2.05) is 6.08 Å².